The molecule has 4 rings (SSSR count). The van der Waals surface area contributed by atoms with E-state index in [0.717, 1.165) is 42.5 Å². The molecule has 0 aliphatic carbocycles. The molecule has 168 valence electrons. The highest BCUT2D eigenvalue weighted by Gasteiger charge is 2.35. The highest BCUT2D eigenvalue weighted by Crippen LogP contribution is 2.33. The molecule has 2 aromatic heterocycles. The zero-order valence-corrected chi connectivity index (χ0v) is 16.2. The molecule has 0 spiro atoms. The van der Waals surface area contributed by atoms with Gasteiger partial charge in [0, 0.05) is 17.7 Å². The van der Waals surface area contributed by atoms with Crippen LogP contribution in [0.5, 0.6) is 5.75 Å². The molecule has 0 bridgehead atoms. The number of amides is 1. The molecule has 0 saturated carbocycles. The summed E-state index contributed by atoms with van der Waals surface area (Å²) in [4.78, 5) is 26.6. The molecule has 2 heterocycles. The Morgan fingerprint density at radius 1 is 1.09 bits per heavy atom. The van der Waals surface area contributed by atoms with E-state index in [1.807, 2.05) is 0 Å². The van der Waals surface area contributed by atoms with E-state index in [4.69, 9.17) is 0 Å². The van der Waals surface area contributed by atoms with Crippen molar-refractivity contribution in [1.82, 2.24) is 14.6 Å². The standard InChI is InChI=1S/C20H11F4N5O4/c21-11-3-1-10(2-4-11)14-8-17(20(22,23)24)28-18(25-14)9-15(27-28)19(31)26-13-6-5-12(29(32)33)7-16(13)30/h1-9,30H,(H,26,31). The molecule has 0 fully saturated rings. The van der Waals surface area contributed by atoms with Crippen molar-refractivity contribution in [3.05, 3.63) is 81.9 Å². The van der Waals surface area contributed by atoms with E-state index in [9.17, 15) is 37.6 Å². The number of aromatic hydroxyl groups is 1. The second-order valence-corrected chi connectivity index (χ2v) is 6.74. The molecule has 0 aliphatic heterocycles. The van der Waals surface area contributed by atoms with Crippen LogP contribution in [0.2, 0.25) is 0 Å². The average molecular weight is 461 g/mol. The summed E-state index contributed by atoms with van der Waals surface area (Å²) in [5, 5.41) is 26.5. The van der Waals surface area contributed by atoms with Gasteiger partial charge >= 0.3 is 6.18 Å². The highest BCUT2D eigenvalue weighted by atomic mass is 19.4. The number of hydrogen-bond donors (Lipinski definition) is 2. The van der Waals surface area contributed by atoms with Crippen LogP contribution in [0.3, 0.4) is 0 Å². The number of aromatic nitrogens is 3. The Morgan fingerprint density at radius 3 is 2.39 bits per heavy atom. The Balaban J connectivity index is 1.74. The maximum absolute atomic E-state index is 13.7. The van der Waals surface area contributed by atoms with E-state index in [1.54, 1.807) is 0 Å². The van der Waals surface area contributed by atoms with Crippen LogP contribution < -0.4 is 5.32 Å². The van der Waals surface area contributed by atoms with Crippen LogP contribution >= 0.6 is 0 Å². The van der Waals surface area contributed by atoms with Gasteiger partial charge in [0.05, 0.1) is 22.4 Å². The number of phenolic OH excluding ortho intramolecular Hbond substituents is 1. The number of hydrogen-bond acceptors (Lipinski definition) is 6. The van der Waals surface area contributed by atoms with E-state index in [1.165, 1.54) is 12.1 Å². The Bertz CT molecular complexity index is 1400. The van der Waals surface area contributed by atoms with Gasteiger partial charge < -0.3 is 10.4 Å². The molecule has 33 heavy (non-hydrogen) atoms. The molecular weight excluding hydrogens is 450 g/mol. The third-order valence-corrected chi connectivity index (χ3v) is 4.53. The summed E-state index contributed by atoms with van der Waals surface area (Å²) in [6.45, 7) is 0. The lowest BCUT2D eigenvalue weighted by atomic mass is 10.1. The Kier molecular flexibility index (Phi) is 5.16. The van der Waals surface area contributed by atoms with Gasteiger partial charge in [0.15, 0.2) is 17.0 Å². The minimum Gasteiger partial charge on any atom is -0.506 e. The fourth-order valence-electron chi connectivity index (χ4n) is 2.98. The number of nitrogens with zero attached hydrogens (tertiary/aromatic N) is 4. The number of benzene rings is 2. The molecule has 0 atom stereocenters. The fourth-order valence-corrected chi connectivity index (χ4v) is 2.98. The number of alkyl halides is 3. The van der Waals surface area contributed by atoms with Gasteiger partial charge in [0.1, 0.15) is 11.6 Å². The van der Waals surface area contributed by atoms with Crippen LogP contribution in [0.15, 0.2) is 54.6 Å². The van der Waals surface area contributed by atoms with Crippen molar-refractivity contribution in [3.63, 3.8) is 0 Å². The van der Waals surface area contributed by atoms with Crippen molar-refractivity contribution in [1.29, 1.82) is 0 Å². The number of anilines is 1. The van der Waals surface area contributed by atoms with Crippen molar-refractivity contribution in [3.8, 4) is 17.0 Å². The number of halogens is 4. The van der Waals surface area contributed by atoms with Crippen molar-refractivity contribution >= 4 is 22.9 Å². The van der Waals surface area contributed by atoms with Gasteiger partial charge in [-0.05, 0) is 36.4 Å². The first-order chi connectivity index (χ1) is 15.5. The lowest BCUT2D eigenvalue weighted by Crippen LogP contribution is -2.15. The van der Waals surface area contributed by atoms with Crippen LogP contribution in [0.25, 0.3) is 16.9 Å². The number of nitro groups is 1. The maximum Gasteiger partial charge on any atom is 0.433 e. The zero-order chi connectivity index (χ0) is 23.9. The minimum absolute atomic E-state index is 0.116. The average Bonchev–Trinajstić information content (AvgIpc) is 3.18. The number of fused-ring (bicyclic) bond motifs is 1. The molecule has 1 amide bonds. The minimum atomic E-state index is -4.85. The SMILES string of the molecule is O=C(Nc1ccc([N+](=O)[O-])cc1O)c1cc2nc(-c3ccc(F)cc3)cc(C(F)(F)F)n2n1. The van der Waals surface area contributed by atoms with Gasteiger partial charge in [-0.3, -0.25) is 14.9 Å². The molecule has 0 aliphatic rings. The summed E-state index contributed by atoms with van der Waals surface area (Å²) in [5.41, 5.74) is -2.51. The predicted octanol–water partition coefficient (Wildman–Crippen LogP) is 4.42. The van der Waals surface area contributed by atoms with Crippen molar-refractivity contribution in [2.75, 3.05) is 5.32 Å². The van der Waals surface area contributed by atoms with Gasteiger partial charge in [0.2, 0.25) is 0 Å². The van der Waals surface area contributed by atoms with Gasteiger partial charge in [-0.25, -0.2) is 13.9 Å². The van der Waals surface area contributed by atoms with Crippen molar-refractivity contribution < 1.29 is 32.4 Å². The summed E-state index contributed by atoms with van der Waals surface area (Å²) in [7, 11) is 0. The van der Waals surface area contributed by atoms with Gasteiger partial charge in [-0.1, -0.05) is 0 Å². The zero-order valence-electron chi connectivity index (χ0n) is 16.2. The van der Waals surface area contributed by atoms with Crippen molar-refractivity contribution in [2.24, 2.45) is 0 Å². The third-order valence-electron chi connectivity index (χ3n) is 4.53. The Morgan fingerprint density at radius 2 is 1.79 bits per heavy atom. The summed E-state index contributed by atoms with van der Waals surface area (Å²) in [6.07, 6.45) is -4.85. The lowest BCUT2D eigenvalue weighted by molar-refractivity contribution is -0.384. The highest BCUT2D eigenvalue weighted by molar-refractivity contribution is 6.04. The molecule has 13 heteroatoms. The van der Waals surface area contributed by atoms with Gasteiger partial charge in [-0.2, -0.15) is 18.3 Å². The van der Waals surface area contributed by atoms with E-state index >= 15 is 0 Å². The number of carbonyl (C=O) groups is 1. The van der Waals surface area contributed by atoms with Crippen LogP contribution in [0, 0.1) is 15.9 Å². The van der Waals surface area contributed by atoms with Gasteiger partial charge in [0.25, 0.3) is 11.6 Å². The molecule has 0 radical (unpaired) electrons. The number of nitrogens with one attached hydrogen (secondary N) is 1. The number of non-ortho nitro benzene ring substituents is 1. The maximum atomic E-state index is 13.7. The van der Waals surface area contributed by atoms with E-state index in [-0.39, 0.29) is 22.6 Å². The number of rotatable bonds is 4. The normalized spacial score (nSPS) is 11.5. The first-order valence-electron chi connectivity index (χ1n) is 9.05. The molecule has 0 saturated heterocycles. The fraction of sp³-hybridized carbons (Fsp3) is 0.0500. The monoisotopic (exact) mass is 461 g/mol. The Hall–Kier alpha value is -4.55. The molecule has 2 N–H and O–H groups in total. The summed E-state index contributed by atoms with van der Waals surface area (Å²) < 4.78 is 54.6. The molecule has 4 aromatic rings. The van der Waals surface area contributed by atoms with Crippen LogP contribution in [-0.4, -0.2) is 30.5 Å². The summed E-state index contributed by atoms with van der Waals surface area (Å²) >= 11 is 0. The number of phenols is 1. The quantitative estimate of drug-likeness (QED) is 0.201. The molecular formula is C20H11F4N5O4. The third kappa shape index (κ3) is 4.28. The van der Waals surface area contributed by atoms with Crippen LogP contribution in [0.1, 0.15) is 16.2 Å². The van der Waals surface area contributed by atoms with E-state index < -0.39 is 45.6 Å². The Labute approximate surface area is 181 Å². The summed E-state index contributed by atoms with van der Waals surface area (Å²) in [6, 6.07) is 9.27. The van der Waals surface area contributed by atoms with Crippen LogP contribution in [-0.2, 0) is 6.18 Å². The molecule has 9 nitrogen and oxygen atoms in total. The van der Waals surface area contributed by atoms with Crippen molar-refractivity contribution in [2.45, 2.75) is 6.18 Å². The lowest BCUT2D eigenvalue weighted by Gasteiger charge is -2.11. The van der Waals surface area contributed by atoms with E-state index in [0.29, 0.717) is 4.52 Å². The number of carbonyl (C=O) groups excluding carboxylic acids is 1. The van der Waals surface area contributed by atoms with E-state index in [2.05, 4.69) is 15.4 Å². The first-order valence-corrected chi connectivity index (χ1v) is 9.05. The molecule has 2 aromatic carbocycles. The first kappa shape index (κ1) is 21.7. The largest absolute Gasteiger partial charge is 0.506 e. The predicted molar refractivity (Wildman–Crippen MR) is 106 cm³/mol. The van der Waals surface area contributed by atoms with Gasteiger partial charge in [-0.15, -0.1) is 0 Å². The second-order valence-electron chi connectivity index (χ2n) is 6.74. The smallest absolute Gasteiger partial charge is 0.433 e. The summed E-state index contributed by atoms with van der Waals surface area (Å²) in [5.74, 6) is -2.18. The molecule has 0 unspecified atom stereocenters. The topological polar surface area (TPSA) is 123 Å². The van der Waals surface area contributed by atoms with Crippen LogP contribution in [0.4, 0.5) is 28.9 Å². The number of nitro benzene ring substituents is 1. The second kappa shape index (κ2) is 7.85.